The average molecular weight is 213 g/mol. The monoisotopic (exact) mass is 213 g/mol. The first kappa shape index (κ1) is 13.0. The fourth-order valence-corrected chi connectivity index (χ4v) is 2.14. The Labute approximate surface area is 94.7 Å². The maximum atomic E-state index is 8.94. The van der Waals surface area contributed by atoms with Crippen LogP contribution in [0, 0.1) is 0 Å². The molecule has 2 heteroatoms. The topological polar surface area (TPSA) is 23.5 Å². The lowest BCUT2D eigenvalue weighted by Crippen LogP contribution is -2.30. The Kier molecular flexibility index (Phi) is 7.03. The predicted octanol–water partition coefficient (Wildman–Crippen LogP) is 2.80. The predicted molar refractivity (Wildman–Crippen MR) is 65.1 cm³/mol. The van der Waals surface area contributed by atoms with Gasteiger partial charge < -0.3 is 5.11 Å². The van der Waals surface area contributed by atoms with E-state index >= 15 is 0 Å². The normalized spacial score (nSPS) is 16.2. The van der Waals surface area contributed by atoms with Crippen molar-refractivity contribution in [2.24, 2.45) is 0 Å². The number of aliphatic hydroxyl groups excluding tert-OH is 1. The molecule has 0 aliphatic heterocycles. The zero-order valence-electron chi connectivity index (χ0n) is 10.2. The summed E-state index contributed by atoms with van der Waals surface area (Å²) in [7, 11) is 0. The molecule has 0 aromatic heterocycles. The Hall–Kier alpha value is -0.0800. The Morgan fingerprint density at radius 1 is 1.00 bits per heavy atom. The fraction of sp³-hybridized carbons (Fsp3) is 1.00. The van der Waals surface area contributed by atoms with E-state index in [-0.39, 0.29) is 0 Å². The minimum Gasteiger partial charge on any atom is -0.395 e. The van der Waals surface area contributed by atoms with Gasteiger partial charge in [0.05, 0.1) is 6.61 Å². The number of hydrogen-bond donors (Lipinski definition) is 1. The van der Waals surface area contributed by atoms with Gasteiger partial charge in [-0.3, -0.25) is 4.90 Å². The molecule has 1 saturated carbocycles. The van der Waals surface area contributed by atoms with Crippen molar-refractivity contribution in [3.63, 3.8) is 0 Å². The van der Waals surface area contributed by atoms with Crippen LogP contribution in [0.15, 0.2) is 0 Å². The van der Waals surface area contributed by atoms with Crippen molar-refractivity contribution in [2.75, 3.05) is 19.7 Å². The van der Waals surface area contributed by atoms with Crippen molar-refractivity contribution in [3.05, 3.63) is 0 Å². The van der Waals surface area contributed by atoms with E-state index < -0.39 is 0 Å². The standard InChI is InChI=1S/C13H27NO/c1-2-3-4-5-6-7-10-14(11-12-15)13-8-9-13/h13,15H,2-12H2,1H3. The van der Waals surface area contributed by atoms with Crippen LogP contribution in [0.25, 0.3) is 0 Å². The second-order valence-electron chi connectivity index (χ2n) is 4.76. The molecule has 0 aromatic carbocycles. The van der Waals surface area contributed by atoms with Crippen LogP contribution in [0.4, 0.5) is 0 Å². The molecule has 0 aromatic rings. The molecule has 15 heavy (non-hydrogen) atoms. The first-order valence-electron chi connectivity index (χ1n) is 6.73. The lowest BCUT2D eigenvalue weighted by molar-refractivity contribution is 0.186. The summed E-state index contributed by atoms with van der Waals surface area (Å²) in [4.78, 5) is 2.47. The molecule has 1 N–H and O–H groups in total. The second kappa shape index (κ2) is 8.12. The third-order valence-corrected chi connectivity index (χ3v) is 3.25. The van der Waals surface area contributed by atoms with Crippen molar-refractivity contribution in [1.29, 1.82) is 0 Å². The highest BCUT2D eigenvalue weighted by Gasteiger charge is 2.27. The van der Waals surface area contributed by atoms with Crippen LogP contribution in [-0.2, 0) is 0 Å². The summed E-state index contributed by atoms with van der Waals surface area (Å²) in [6.45, 7) is 4.68. The molecule has 0 saturated heterocycles. The van der Waals surface area contributed by atoms with Crippen LogP contribution >= 0.6 is 0 Å². The highest BCUT2D eigenvalue weighted by molar-refractivity contribution is 4.84. The second-order valence-corrected chi connectivity index (χ2v) is 4.76. The molecule has 0 radical (unpaired) electrons. The molecule has 1 rings (SSSR count). The summed E-state index contributed by atoms with van der Waals surface area (Å²) in [5.74, 6) is 0. The van der Waals surface area contributed by atoms with Gasteiger partial charge in [0.2, 0.25) is 0 Å². The van der Waals surface area contributed by atoms with Gasteiger partial charge in [-0.05, 0) is 25.8 Å². The fourth-order valence-electron chi connectivity index (χ4n) is 2.14. The maximum Gasteiger partial charge on any atom is 0.0558 e. The SMILES string of the molecule is CCCCCCCCN(CCO)C1CC1. The maximum absolute atomic E-state index is 8.94. The van der Waals surface area contributed by atoms with E-state index in [2.05, 4.69) is 11.8 Å². The van der Waals surface area contributed by atoms with Crippen molar-refractivity contribution < 1.29 is 5.11 Å². The van der Waals surface area contributed by atoms with Crippen LogP contribution in [0.3, 0.4) is 0 Å². The molecule has 1 aliphatic carbocycles. The van der Waals surface area contributed by atoms with Gasteiger partial charge in [0.1, 0.15) is 0 Å². The van der Waals surface area contributed by atoms with Crippen molar-refractivity contribution in [1.82, 2.24) is 4.90 Å². The summed E-state index contributed by atoms with van der Waals surface area (Å²) in [6.07, 6.45) is 10.9. The van der Waals surface area contributed by atoms with Gasteiger partial charge in [0, 0.05) is 12.6 Å². The Bertz CT molecular complexity index is 145. The molecule has 1 fully saturated rings. The molecular weight excluding hydrogens is 186 g/mol. The van der Waals surface area contributed by atoms with Crippen molar-refractivity contribution in [2.45, 2.75) is 64.3 Å². The molecule has 1 aliphatic rings. The van der Waals surface area contributed by atoms with Gasteiger partial charge in [-0.15, -0.1) is 0 Å². The summed E-state index contributed by atoms with van der Waals surface area (Å²) in [5, 5.41) is 8.94. The van der Waals surface area contributed by atoms with Gasteiger partial charge in [0.15, 0.2) is 0 Å². The molecule has 0 unspecified atom stereocenters. The summed E-state index contributed by atoms with van der Waals surface area (Å²) < 4.78 is 0. The molecule has 90 valence electrons. The van der Waals surface area contributed by atoms with Crippen molar-refractivity contribution in [3.8, 4) is 0 Å². The van der Waals surface area contributed by atoms with Gasteiger partial charge in [-0.25, -0.2) is 0 Å². The van der Waals surface area contributed by atoms with Crippen molar-refractivity contribution >= 4 is 0 Å². The average Bonchev–Trinajstić information content (AvgIpc) is 3.05. The zero-order valence-corrected chi connectivity index (χ0v) is 10.2. The highest BCUT2D eigenvalue weighted by Crippen LogP contribution is 2.26. The Morgan fingerprint density at radius 2 is 1.67 bits per heavy atom. The summed E-state index contributed by atoms with van der Waals surface area (Å²) in [5.41, 5.74) is 0. The van der Waals surface area contributed by atoms with Crippen LogP contribution in [0.5, 0.6) is 0 Å². The Balaban J connectivity index is 1.92. The van der Waals surface area contributed by atoms with E-state index in [9.17, 15) is 0 Å². The molecule has 2 nitrogen and oxygen atoms in total. The third-order valence-electron chi connectivity index (χ3n) is 3.25. The van der Waals surface area contributed by atoms with Crippen LogP contribution in [0.2, 0.25) is 0 Å². The smallest absolute Gasteiger partial charge is 0.0558 e. The largest absolute Gasteiger partial charge is 0.395 e. The molecule has 0 spiro atoms. The molecular formula is C13H27NO. The van der Waals surface area contributed by atoms with Gasteiger partial charge in [-0.2, -0.15) is 0 Å². The van der Waals surface area contributed by atoms with Crippen LogP contribution in [-0.4, -0.2) is 35.7 Å². The Morgan fingerprint density at radius 3 is 2.27 bits per heavy atom. The van der Waals surface area contributed by atoms with E-state index in [4.69, 9.17) is 5.11 Å². The van der Waals surface area contributed by atoms with E-state index in [1.165, 1.54) is 57.9 Å². The zero-order chi connectivity index (χ0) is 10.9. The van der Waals surface area contributed by atoms with E-state index in [0.29, 0.717) is 6.61 Å². The molecule has 0 amide bonds. The lowest BCUT2D eigenvalue weighted by Gasteiger charge is -2.20. The minimum absolute atomic E-state index is 0.326. The number of hydrogen-bond acceptors (Lipinski definition) is 2. The van der Waals surface area contributed by atoms with Gasteiger partial charge in [-0.1, -0.05) is 39.0 Å². The lowest BCUT2D eigenvalue weighted by atomic mass is 10.1. The molecule has 0 bridgehead atoms. The van der Waals surface area contributed by atoms with E-state index in [1.807, 2.05) is 0 Å². The van der Waals surface area contributed by atoms with Crippen LogP contribution < -0.4 is 0 Å². The number of nitrogens with zero attached hydrogens (tertiary/aromatic N) is 1. The van der Waals surface area contributed by atoms with E-state index in [1.54, 1.807) is 0 Å². The molecule has 0 atom stereocenters. The number of rotatable bonds is 10. The molecule has 0 heterocycles. The van der Waals surface area contributed by atoms with Crippen LogP contribution in [0.1, 0.15) is 58.3 Å². The highest BCUT2D eigenvalue weighted by atomic mass is 16.3. The number of aliphatic hydroxyl groups is 1. The first-order chi connectivity index (χ1) is 7.38. The van der Waals surface area contributed by atoms with Gasteiger partial charge in [0.25, 0.3) is 0 Å². The summed E-state index contributed by atoms with van der Waals surface area (Å²) >= 11 is 0. The van der Waals surface area contributed by atoms with Gasteiger partial charge >= 0.3 is 0 Å². The minimum atomic E-state index is 0.326. The third kappa shape index (κ3) is 6.16. The van der Waals surface area contributed by atoms with E-state index in [0.717, 1.165) is 12.6 Å². The number of unbranched alkanes of at least 4 members (excludes halogenated alkanes) is 5. The first-order valence-corrected chi connectivity index (χ1v) is 6.73. The summed E-state index contributed by atoms with van der Waals surface area (Å²) in [6, 6.07) is 0.813. The quantitative estimate of drug-likeness (QED) is 0.564.